The zero-order valence-corrected chi connectivity index (χ0v) is 14.7. The Hall–Kier alpha value is -2.43. The van der Waals surface area contributed by atoms with Gasteiger partial charge in [-0.3, -0.25) is 4.79 Å². The first-order chi connectivity index (χ1) is 12.1. The van der Waals surface area contributed by atoms with E-state index >= 15 is 0 Å². The third-order valence-electron chi connectivity index (χ3n) is 4.95. The van der Waals surface area contributed by atoms with Crippen molar-refractivity contribution in [2.75, 3.05) is 13.1 Å². The number of benzene rings is 1. The number of para-hydroxylation sites is 1. The highest BCUT2D eigenvalue weighted by Crippen LogP contribution is 2.35. The van der Waals surface area contributed by atoms with Crippen molar-refractivity contribution in [2.24, 2.45) is 5.92 Å². The summed E-state index contributed by atoms with van der Waals surface area (Å²) in [7, 11) is 0. The molecule has 1 saturated carbocycles. The Morgan fingerprint density at radius 3 is 2.72 bits per heavy atom. The van der Waals surface area contributed by atoms with Crippen molar-refractivity contribution in [1.29, 1.82) is 0 Å². The second-order valence-electron chi connectivity index (χ2n) is 7.12. The van der Waals surface area contributed by atoms with Gasteiger partial charge in [-0.05, 0) is 44.7 Å². The molecule has 0 bridgehead atoms. The molecule has 0 unspecified atom stereocenters. The fourth-order valence-electron chi connectivity index (χ4n) is 3.34. The number of likely N-dealkylation sites (tertiary alicyclic amines) is 1. The molecule has 2 aromatic rings. The second-order valence-corrected chi connectivity index (χ2v) is 7.12. The number of ether oxygens (including phenoxy) is 1. The highest BCUT2D eigenvalue weighted by Gasteiger charge is 2.37. The number of hydrogen-bond acceptors (Lipinski definition) is 4. The van der Waals surface area contributed by atoms with E-state index in [2.05, 4.69) is 9.97 Å². The third-order valence-corrected chi connectivity index (χ3v) is 4.95. The van der Waals surface area contributed by atoms with Crippen LogP contribution < -0.4 is 4.74 Å². The minimum atomic E-state index is 0.196. The molecule has 0 radical (unpaired) electrons. The second kappa shape index (κ2) is 6.47. The maximum Gasteiger partial charge on any atom is 0.225 e. The van der Waals surface area contributed by atoms with Gasteiger partial charge in [-0.2, -0.15) is 4.98 Å². The van der Waals surface area contributed by atoms with Crippen LogP contribution in [0.15, 0.2) is 30.3 Å². The summed E-state index contributed by atoms with van der Waals surface area (Å²) < 4.78 is 5.98. The molecule has 1 amide bonds. The van der Waals surface area contributed by atoms with Crippen LogP contribution in [0.4, 0.5) is 0 Å². The number of aryl methyl sites for hydroxylation is 2. The molecule has 1 aromatic heterocycles. The van der Waals surface area contributed by atoms with E-state index < -0.39 is 0 Å². The lowest BCUT2D eigenvalue weighted by atomic mass is 10.1. The number of aromatic nitrogens is 2. The molecule has 1 saturated heterocycles. The van der Waals surface area contributed by atoms with Crippen LogP contribution in [0, 0.1) is 19.8 Å². The van der Waals surface area contributed by atoms with Crippen molar-refractivity contribution in [3.63, 3.8) is 0 Å². The summed E-state index contributed by atoms with van der Waals surface area (Å²) >= 11 is 0. The van der Waals surface area contributed by atoms with E-state index in [-0.39, 0.29) is 11.8 Å². The summed E-state index contributed by atoms with van der Waals surface area (Å²) in [4.78, 5) is 23.5. The van der Waals surface area contributed by atoms with Crippen LogP contribution in [0.25, 0.3) is 0 Å². The van der Waals surface area contributed by atoms with Crippen LogP contribution in [-0.2, 0) is 4.79 Å². The lowest BCUT2D eigenvalue weighted by molar-refractivity contribution is -0.131. The molecule has 0 spiro atoms. The summed E-state index contributed by atoms with van der Waals surface area (Å²) in [6.45, 7) is 5.51. The fourth-order valence-corrected chi connectivity index (χ4v) is 3.34. The molecular formula is C20H23N3O2. The standard InChI is InChI=1S/C20H23N3O2/c1-13-5-3-4-6-17(13)25-18-11-14(2)21-19(22-18)16-9-10-23(12-16)20(24)15-7-8-15/h3-6,11,15-16H,7-10,12H2,1-2H3/t16-/m1/s1. The SMILES string of the molecule is Cc1cc(Oc2ccccc2C)nc([C@@H]2CCN(C(=O)C3CC3)C2)n1. The van der Waals surface area contributed by atoms with Crippen LogP contribution in [0.5, 0.6) is 11.6 Å². The average molecular weight is 337 g/mol. The van der Waals surface area contributed by atoms with Gasteiger partial charge in [-0.25, -0.2) is 4.98 Å². The van der Waals surface area contributed by atoms with Gasteiger partial charge < -0.3 is 9.64 Å². The monoisotopic (exact) mass is 337 g/mol. The minimum absolute atomic E-state index is 0.196. The van der Waals surface area contributed by atoms with Crippen molar-refractivity contribution in [3.8, 4) is 11.6 Å². The number of rotatable bonds is 4. The zero-order valence-electron chi connectivity index (χ0n) is 14.7. The summed E-state index contributed by atoms with van der Waals surface area (Å²) in [5, 5.41) is 0. The molecule has 130 valence electrons. The lowest BCUT2D eigenvalue weighted by Crippen LogP contribution is -2.29. The van der Waals surface area contributed by atoms with Gasteiger partial charge in [0.1, 0.15) is 11.6 Å². The van der Waals surface area contributed by atoms with Crippen molar-refractivity contribution >= 4 is 5.91 Å². The highest BCUT2D eigenvalue weighted by atomic mass is 16.5. The van der Waals surface area contributed by atoms with E-state index in [0.717, 1.165) is 55.2 Å². The Balaban J connectivity index is 1.52. The van der Waals surface area contributed by atoms with E-state index in [4.69, 9.17) is 4.74 Å². The van der Waals surface area contributed by atoms with Gasteiger partial charge in [0.15, 0.2) is 0 Å². The Kier molecular flexibility index (Phi) is 4.15. The molecule has 4 rings (SSSR count). The van der Waals surface area contributed by atoms with E-state index in [1.807, 2.05) is 49.1 Å². The predicted octanol–water partition coefficient (Wildman–Crippen LogP) is 3.61. The fraction of sp³-hybridized carbons (Fsp3) is 0.450. The van der Waals surface area contributed by atoms with Crippen LogP contribution in [0.1, 0.15) is 42.3 Å². The van der Waals surface area contributed by atoms with Gasteiger partial charge in [0.2, 0.25) is 11.8 Å². The third kappa shape index (κ3) is 3.50. The van der Waals surface area contributed by atoms with Gasteiger partial charge in [0.05, 0.1) is 0 Å². The van der Waals surface area contributed by atoms with E-state index in [0.29, 0.717) is 11.8 Å². The van der Waals surface area contributed by atoms with Gasteiger partial charge >= 0.3 is 0 Å². The molecule has 1 aliphatic heterocycles. The Morgan fingerprint density at radius 1 is 1.16 bits per heavy atom. The topological polar surface area (TPSA) is 55.3 Å². The van der Waals surface area contributed by atoms with Crippen LogP contribution in [-0.4, -0.2) is 33.9 Å². The number of nitrogens with zero attached hydrogens (tertiary/aromatic N) is 3. The average Bonchev–Trinajstić information content (AvgIpc) is 3.32. The Labute approximate surface area is 148 Å². The highest BCUT2D eigenvalue weighted by molar-refractivity contribution is 5.81. The molecule has 1 atom stereocenters. The predicted molar refractivity (Wildman–Crippen MR) is 94.7 cm³/mol. The van der Waals surface area contributed by atoms with E-state index in [9.17, 15) is 4.79 Å². The molecule has 2 heterocycles. The minimum Gasteiger partial charge on any atom is -0.439 e. The smallest absolute Gasteiger partial charge is 0.225 e. The largest absolute Gasteiger partial charge is 0.439 e. The molecular weight excluding hydrogens is 314 g/mol. The first kappa shape index (κ1) is 16.1. The molecule has 1 aromatic carbocycles. The number of carbonyl (C=O) groups is 1. The first-order valence-corrected chi connectivity index (χ1v) is 8.98. The van der Waals surface area contributed by atoms with Crippen molar-refractivity contribution < 1.29 is 9.53 Å². The molecule has 5 nitrogen and oxygen atoms in total. The Bertz CT molecular complexity index is 801. The normalized spacial score (nSPS) is 19.9. The number of amides is 1. The van der Waals surface area contributed by atoms with Gasteiger partial charge in [-0.1, -0.05) is 18.2 Å². The zero-order chi connectivity index (χ0) is 17.4. The summed E-state index contributed by atoms with van der Waals surface area (Å²) in [5.74, 6) is 2.95. The van der Waals surface area contributed by atoms with E-state index in [1.165, 1.54) is 0 Å². The lowest BCUT2D eigenvalue weighted by Gasteiger charge is -2.16. The Morgan fingerprint density at radius 2 is 1.96 bits per heavy atom. The van der Waals surface area contributed by atoms with Crippen molar-refractivity contribution in [2.45, 2.75) is 39.0 Å². The maximum absolute atomic E-state index is 12.3. The summed E-state index contributed by atoms with van der Waals surface area (Å²) in [5.41, 5.74) is 1.96. The quantitative estimate of drug-likeness (QED) is 0.855. The van der Waals surface area contributed by atoms with E-state index in [1.54, 1.807) is 0 Å². The number of carbonyl (C=O) groups excluding carboxylic acids is 1. The molecule has 2 aliphatic rings. The molecule has 2 fully saturated rings. The molecule has 25 heavy (non-hydrogen) atoms. The van der Waals surface area contributed by atoms with Gasteiger partial charge in [-0.15, -0.1) is 0 Å². The summed E-state index contributed by atoms with van der Waals surface area (Å²) in [6, 6.07) is 9.76. The van der Waals surface area contributed by atoms with Crippen LogP contribution in [0.2, 0.25) is 0 Å². The number of hydrogen-bond donors (Lipinski definition) is 0. The molecule has 5 heteroatoms. The van der Waals surface area contributed by atoms with Crippen molar-refractivity contribution in [3.05, 3.63) is 47.4 Å². The van der Waals surface area contributed by atoms with Crippen LogP contribution in [0.3, 0.4) is 0 Å². The summed E-state index contributed by atoms with van der Waals surface area (Å²) in [6.07, 6.45) is 3.02. The maximum atomic E-state index is 12.3. The molecule has 1 aliphatic carbocycles. The van der Waals surface area contributed by atoms with Crippen LogP contribution >= 0.6 is 0 Å². The first-order valence-electron chi connectivity index (χ1n) is 8.98. The molecule has 0 N–H and O–H groups in total. The van der Waals surface area contributed by atoms with Gasteiger partial charge in [0, 0.05) is 36.7 Å². The van der Waals surface area contributed by atoms with Crippen molar-refractivity contribution in [1.82, 2.24) is 14.9 Å². The van der Waals surface area contributed by atoms with Gasteiger partial charge in [0.25, 0.3) is 0 Å².